The van der Waals surface area contributed by atoms with Crippen molar-refractivity contribution in [3.63, 3.8) is 0 Å². The van der Waals surface area contributed by atoms with Crippen molar-refractivity contribution < 1.29 is 42.1 Å². The van der Waals surface area contributed by atoms with Crippen molar-refractivity contribution in [2.75, 3.05) is 32.8 Å². The summed E-state index contributed by atoms with van der Waals surface area (Å²) in [4.78, 5) is 43.6. The molecule has 3 aromatic carbocycles. The molecule has 2 N–H and O–H groups in total. The molecule has 3 aromatic rings. The number of ether oxygens (including phenoxy) is 2. The van der Waals surface area contributed by atoms with E-state index in [4.69, 9.17) is 9.47 Å². The number of amides is 2. The maximum absolute atomic E-state index is 14.8. The summed E-state index contributed by atoms with van der Waals surface area (Å²) in [5.41, 5.74) is 4.67. The van der Waals surface area contributed by atoms with Crippen molar-refractivity contribution in [3.8, 4) is 11.5 Å². The van der Waals surface area contributed by atoms with Gasteiger partial charge < -0.3 is 29.7 Å². The molecule has 2 amide bonds. The van der Waals surface area contributed by atoms with Gasteiger partial charge in [0.05, 0.1) is 24.6 Å². The quantitative estimate of drug-likeness (QED) is 0.119. The highest BCUT2D eigenvalue weighted by Gasteiger charge is 2.43. The van der Waals surface area contributed by atoms with E-state index in [1.54, 1.807) is 18.7 Å². The monoisotopic (exact) mass is 761 g/mol. The van der Waals surface area contributed by atoms with Gasteiger partial charge in [0.15, 0.2) is 17.4 Å². The molecule has 0 unspecified atom stereocenters. The second kappa shape index (κ2) is 16.9. The van der Waals surface area contributed by atoms with Crippen molar-refractivity contribution in [2.24, 2.45) is 5.41 Å². The standard InChI is InChI=1S/C43H50F3N3O6/c1-26-7-14-32(22-27(26)2)54-21-19-49(31-12-13-31)41(51)38-33(23-30-24-48(25-36(38)47-30)37(50)17-18-43(3,4)42(52)53)29-10-8-28(9-11-29)6-5-20-55-40-35(45)16-15-34(44)39(40)46/h7-11,14-16,22,30-31,36,47H,5-6,12-13,17-21,23-25H2,1-4H3,(H,52,53)/t30-,36-/m1/s1. The molecule has 1 saturated carbocycles. The molecule has 0 radical (unpaired) electrons. The van der Waals surface area contributed by atoms with Gasteiger partial charge in [-0.25, -0.2) is 8.78 Å². The summed E-state index contributed by atoms with van der Waals surface area (Å²) in [5, 5.41) is 13.2. The predicted octanol–water partition coefficient (Wildman–Crippen LogP) is 7.02. The molecule has 2 aliphatic heterocycles. The normalized spacial score (nSPS) is 18.3. The van der Waals surface area contributed by atoms with Crippen LogP contribution in [0.4, 0.5) is 13.2 Å². The number of halogens is 3. The van der Waals surface area contributed by atoms with Crippen LogP contribution < -0.4 is 14.8 Å². The minimum atomic E-state index is -1.35. The predicted molar refractivity (Wildman–Crippen MR) is 202 cm³/mol. The fourth-order valence-electron chi connectivity index (χ4n) is 7.28. The average Bonchev–Trinajstić information content (AvgIpc) is 4.00. The average molecular weight is 762 g/mol. The first-order valence-corrected chi connectivity index (χ1v) is 19.1. The van der Waals surface area contributed by atoms with Crippen LogP contribution in [0.5, 0.6) is 11.5 Å². The maximum atomic E-state index is 14.8. The van der Waals surface area contributed by atoms with E-state index in [2.05, 4.69) is 5.32 Å². The number of carboxylic acid groups (broad SMARTS) is 1. The van der Waals surface area contributed by atoms with Crippen LogP contribution in [0.15, 0.2) is 60.2 Å². The molecule has 3 aliphatic rings. The minimum Gasteiger partial charge on any atom is -0.492 e. The Morgan fingerprint density at radius 1 is 0.927 bits per heavy atom. The number of rotatable bonds is 16. The molecule has 55 heavy (non-hydrogen) atoms. The van der Waals surface area contributed by atoms with Crippen molar-refractivity contribution in [1.29, 1.82) is 0 Å². The largest absolute Gasteiger partial charge is 0.492 e. The lowest BCUT2D eigenvalue weighted by Crippen LogP contribution is -2.62. The minimum absolute atomic E-state index is 0.00879. The zero-order chi connectivity index (χ0) is 39.4. The number of carbonyl (C=O) groups is 3. The third-order valence-electron chi connectivity index (χ3n) is 11.0. The van der Waals surface area contributed by atoms with Crippen LogP contribution in [0.1, 0.15) is 74.6 Å². The molecule has 294 valence electrons. The van der Waals surface area contributed by atoms with Gasteiger partial charge in [0.25, 0.3) is 5.91 Å². The number of piperazine rings is 1. The molecule has 12 heteroatoms. The van der Waals surface area contributed by atoms with Crippen LogP contribution in [0.25, 0.3) is 5.57 Å². The number of fused-ring (bicyclic) bond motifs is 2. The van der Waals surface area contributed by atoms with E-state index in [9.17, 15) is 32.7 Å². The second-order valence-electron chi connectivity index (χ2n) is 15.6. The van der Waals surface area contributed by atoms with Gasteiger partial charge in [-0.2, -0.15) is 4.39 Å². The van der Waals surface area contributed by atoms with Crippen LogP contribution in [0.2, 0.25) is 0 Å². The molecule has 2 heterocycles. The van der Waals surface area contributed by atoms with Gasteiger partial charge >= 0.3 is 5.97 Å². The molecule has 6 rings (SSSR count). The molecule has 1 saturated heterocycles. The molecule has 0 aromatic heterocycles. The van der Waals surface area contributed by atoms with Crippen molar-refractivity contribution in [2.45, 2.75) is 90.8 Å². The first-order valence-electron chi connectivity index (χ1n) is 19.1. The molecule has 2 atom stereocenters. The lowest BCUT2D eigenvalue weighted by Gasteiger charge is -2.45. The fourth-order valence-corrected chi connectivity index (χ4v) is 7.28. The summed E-state index contributed by atoms with van der Waals surface area (Å²) >= 11 is 0. The first-order chi connectivity index (χ1) is 26.2. The zero-order valence-electron chi connectivity index (χ0n) is 31.9. The number of carboxylic acids is 1. The second-order valence-corrected chi connectivity index (χ2v) is 15.6. The highest BCUT2D eigenvalue weighted by molar-refractivity contribution is 6.03. The molecule has 1 aliphatic carbocycles. The van der Waals surface area contributed by atoms with Gasteiger partial charge in [-0.3, -0.25) is 14.4 Å². The van der Waals surface area contributed by atoms with E-state index in [1.165, 1.54) is 5.56 Å². The van der Waals surface area contributed by atoms with E-state index >= 15 is 0 Å². The summed E-state index contributed by atoms with van der Waals surface area (Å²) in [7, 11) is 0. The zero-order valence-corrected chi connectivity index (χ0v) is 31.9. The third-order valence-corrected chi connectivity index (χ3v) is 11.0. The van der Waals surface area contributed by atoms with Crippen LogP contribution in [0.3, 0.4) is 0 Å². The van der Waals surface area contributed by atoms with E-state index < -0.39 is 40.6 Å². The third kappa shape index (κ3) is 9.52. The highest BCUT2D eigenvalue weighted by atomic mass is 19.2. The number of benzene rings is 3. The van der Waals surface area contributed by atoms with E-state index in [0.29, 0.717) is 44.5 Å². The Balaban J connectivity index is 1.20. The van der Waals surface area contributed by atoms with Crippen molar-refractivity contribution in [3.05, 3.63) is 99.9 Å². The Hall–Kier alpha value is -4.84. The Kier molecular flexibility index (Phi) is 12.2. The number of hydrogen-bond acceptors (Lipinski definition) is 6. The molecule has 2 fully saturated rings. The number of nitrogens with one attached hydrogen (secondary N) is 1. The van der Waals surface area contributed by atoms with Gasteiger partial charge in [0.1, 0.15) is 12.4 Å². The van der Waals surface area contributed by atoms with Gasteiger partial charge in [-0.15, -0.1) is 0 Å². The Labute approximate surface area is 320 Å². The van der Waals surface area contributed by atoms with E-state index in [-0.39, 0.29) is 49.9 Å². The highest BCUT2D eigenvalue weighted by Crippen LogP contribution is 2.37. The number of aryl methyl sites for hydroxylation is 3. The molecular formula is C43H50F3N3O6. The Morgan fingerprint density at radius 3 is 2.35 bits per heavy atom. The lowest BCUT2D eigenvalue weighted by molar-refractivity contribution is -0.148. The smallest absolute Gasteiger partial charge is 0.309 e. The summed E-state index contributed by atoms with van der Waals surface area (Å²) in [6.45, 7) is 8.76. The van der Waals surface area contributed by atoms with Gasteiger partial charge in [-0.05, 0) is 118 Å². The van der Waals surface area contributed by atoms with E-state index in [0.717, 1.165) is 53.0 Å². The molecule has 2 bridgehead atoms. The fraction of sp³-hybridized carbons (Fsp3) is 0.465. The van der Waals surface area contributed by atoms with Crippen LogP contribution in [-0.4, -0.2) is 83.7 Å². The SMILES string of the molecule is Cc1ccc(OCCN(C(=O)C2=C(c3ccc(CCCOc4c(F)ccc(F)c4F)cc3)C[C@@H]3CN(C(=O)CCC(C)(C)C(=O)O)C[C@H]2N3)C2CC2)cc1C. The number of nitrogens with zero attached hydrogens (tertiary/aromatic N) is 2. The van der Waals surface area contributed by atoms with Crippen molar-refractivity contribution in [1.82, 2.24) is 15.1 Å². The van der Waals surface area contributed by atoms with Crippen LogP contribution in [0, 0.1) is 36.7 Å². The summed E-state index contributed by atoms with van der Waals surface area (Å²) in [5.74, 6) is -4.62. The van der Waals surface area contributed by atoms with Gasteiger partial charge in [0, 0.05) is 37.2 Å². The molecule has 9 nitrogen and oxygen atoms in total. The molecule has 0 spiro atoms. The Bertz CT molecular complexity index is 1940. The topological polar surface area (TPSA) is 108 Å². The van der Waals surface area contributed by atoms with Gasteiger partial charge in [-0.1, -0.05) is 30.3 Å². The van der Waals surface area contributed by atoms with Gasteiger partial charge in [0.2, 0.25) is 11.7 Å². The van der Waals surface area contributed by atoms with Crippen LogP contribution >= 0.6 is 0 Å². The van der Waals surface area contributed by atoms with Crippen LogP contribution in [-0.2, 0) is 20.8 Å². The lowest BCUT2D eigenvalue weighted by atomic mass is 9.82. The first kappa shape index (κ1) is 39.8. The summed E-state index contributed by atoms with van der Waals surface area (Å²) < 4.78 is 52.9. The maximum Gasteiger partial charge on any atom is 0.309 e. The number of aliphatic carboxylic acids is 1. The molecular weight excluding hydrogens is 711 g/mol. The van der Waals surface area contributed by atoms with E-state index in [1.807, 2.05) is 61.2 Å². The summed E-state index contributed by atoms with van der Waals surface area (Å²) in [6.07, 6.45) is 3.60. The van der Waals surface area contributed by atoms with Crippen molar-refractivity contribution >= 4 is 23.4 Å². The summed E-state index contributed by atoms with van der Waals surface area (Å²) in [6, 6.07) is 14.9. The Morgan fingerprint density at radius 2 is 1.65 bits per heavy atom. The number of hydrogen-bond donors (Lipinski definition) is 2. The number of carbonyl (C=O) groups excluding carboxylic acids is 2.